The highest BCUT2D eigenvalue weighted by atomic mass is 32.2. The molecule has 21 nitrogen and oxygen atoms in total. The Labute approximate surface area is 472 Å². The number of benzene rings is 4. The van der Waals surface area contributed by atoms with Crippen LogP contribution in [0.15, 0.2) is 102 Å². The Morgan fingerprint density at radius 3 is 1.65 bits per heavy atom. The first-order valence-corrected chi connectivity index (χ1v) is 37.4. The lowest BCUT2D eigenvalue weighted by molar-refractivity contribution is -0.130. The number of aryl methyl sites for hydroxylation is 2. The molecule has 438 valence electrons. The number of hydroxylamine groups is 3. The topological polar surface area (TPSA) is 331 Å². The van der Waals surface area contributed by atoms with E-state index in [0.717, 1.165) is 102 Å². The summed E-state index contributed by atoms with van der Waals surface area (Å²) < 4.78 is 29.6. The van der Waals surface area contributed by atoms with Gasteiger partial charge in [-0.25, -0.2) is 29.8 Å². The molecule has 25 heteroatoms. The number of nitrogens with zero attached hydrogens (tertiary/aromatic N) is 2. The normalized spacial score (nSPS) is 11.7. The van der Waals surface area contributed by atoms with E-state index in [0.29, 0.717) is 55.8 Å². The molecule has 0 aliphatic carbocycles. The lowest BCUT2D eigenvalue weighted by Gasteiger charge is -2.15. The molecular formula is C55H82N8O13SSi3. The molecule has 0 fully saturated rings. The molecule has 0 spiro atoms. The van der Waals surface area contributed by atoms with Crippen molar-refractivity contribution < 1.29 is 62.4 Å². The Bertz CT molecular complexity index is 2920. The highest BCUT2D eigenvalue weighted by Gasteiger charge is 2.22. The van der Waals surface area contributed by atoms with Gasteiger partial charge in [-0.2, -0.15) is 0 Å². The number of fused-ring (bicyclic) bond motifs is 1. The van der Waals surface area contributed by atoms with Crippen LogP contribution in [-0.2, 0) is 53.5 Å². The van der Waals surface area contributed by atoms with E-state index in [1.807, 2.05) is 75.7 Å². The van der Waals surface area contributed by atoms with Gasteiger partial charge in [0.05, 0.1) is 15.9 Å². The summed E-state index contributed by atoms with van der Waals surface area (Å²) in [4.78, 5) is 91.5. The molecule has 5 rings (SSSR count). The van der Waals surface area contributed by atoms with E-state index >= 15 is 0 Å². The molecule has 1 aromatic heterocycles. The molecule has 0 unspecified atom stereocenters. The van der Waals surface area contributed by atoms with Crippen LogP contribution in [0.25, 0.3) is 17.1 Å². The van der Waals surface area contributed by atoms with Crippen LogP contribution in [0.5, 0.6) is 0 Å². The maximum absolute atomic E-state index is 12.5. The maximum Gasteiger partial charge on any atom is 0.267 e. The van der Waals surface area contributed by atoms with Gasteiger partial charge in [0.15, 0.2) is 16.6 Å². The van der Waals surface area contributed by atoms with Crippen LogP contribution in [0.4, 0.5) is 17.1 Å². The molecular weight excluding hydrogens is 1100 g/mol. The third kappa shape index (κ3) is 27.2. The number of amides is 5. The SMILES string of the molecule is C[Si](C)(O)Cc1ccc(NC(=O)CCCCCCC(=O)NO)cc1.C[Si](C)(O)c1ccc(NS(=O)(=O)c2cccc(/C=C/C(=O)NO)c2)cc1.Cn1c(CCCCCCC(=O)NO)nc2cc(NC(=O)CCC[Si](C)(C)O)ccc21. The highest BCUT2D eigenvalue weighted by molar-refractivity contribution is 7.92. The molecule has 0 saturated carbocycles. The smallest absolute Gasteiger partial charge is 0.267 e. The van der Waals surface area contributed by atoms with Gasteiger partial charge in [-0.3, -0.25) is 44.3 Å². The van der Waals surface area contributed by atoms with Crippen molar-refractivity contribution in [3.05, 3.63) is 114 Å². The van der Waals surface area contributed by atoms with Crippen molar-refractivity contribution in [1.82, 2.24) is 26.0 Å². The van der Waals surface area contributed by atoms with E-state index < -0.39 is 40.9 Å². The Morgan fingerprint density at radius 1 is 0.588 bits per heavy atom. The van der Waals surface area contributed by atoms with Crippen molar-refractivity contribution in [3.63, 3.8) is 0 Å². The highest BCUT2D eigenvalue weighted by Crippen LogP contribution is 2.23. The number of unbranched alkanes of at least 4 members (excludes halogenated alkanes) is 6. The molecule has 0 radical (unpaired) electrons. The van der Waals surface area contributed by atoms with E-state index in [9.17, 15) is 46.8 Å². The van der Waals surface area contributed by atoms with Crippen molar-refractivity contribution >= 4 is 104 Å². The molecule has 80 heavy (non-hydrogen) atoms. The zero-order valence-electron chi connectivity index (χ0n) is 47.0. The third-order valence-electron chi connectivity index (χ3n) is 12.2. The Kier molecular flexibility index (Phi) is 28.3. The minimum atomic E-state index is -3.81. The summed E-state index contributed by atoms with van der Waals surface area (Å²) >= 11 is 0. The van der Waals surface area contributed by atoms with Crippen LogP contribution in [-0.4, -0.2) is 102 Å². The molecule has 0 atom stereocenters. The number of sulfonamides is 1. The van der Waals surface area contributed by atoms with Gasteiger partial charge in [-0.15, -0.1) is 0 Å². The first-order valence-electron chi connectivity index (χ1n) is 26.6. The quantitative estimate of drug-likeness (QED) is 0.00753. The van der Waals surface area contributed by atoms with Crippen molar-refractivity contribution in [2.75, 3.05) is 15.4 Å². The summed E-state index contributed by atoms with van der Waals surface area (Å²) in [6, 6.07) is 27.4. The van der Waals surface area contributed by atoms with Crippen LogP contribution >= 0.6 is 0 Å². The van der Waals surface area contributed by atoms with Gasteiger partial charge in [0.1, 0.15) is 5.82 Å². The molecule has 0 bridgehead atoms. The Morgan fingerprint density at radius 2 is 1.11 bits per heavy atom. The van der Waals surface area contributed by atoms with Gasteiger partial charge in [-0.1, -0.05) is 62.1 Å². The second-order valence-corrected chi connectivity index (χ2v) is 34.7. The number of nitrogens with one attached hydrogen (secondary N) is 6. The van der Waals surface area contributed by atoms with Crippen LogP contribution in [0.2, 0.25) is 45.3 Å². The van der Waals surface area contributed by atoms with Gasteiger partial charge in [0.2, 0.25) is 31.9 Å². The number of imidazole rings is 1. The van der Waals surface area contributed by atoms with Crippen molar-refractivity contribution in [2.24, 2.45) is 7.05 Å². The van der Waals surface area contributed by atoms with Crippen LogP contribution in [0.1, 0.15) is 100 Å². The number of carbonyl (C=O) groups is 5. The fourth-order valence-corrected chi connectivity index (χ4v) is 12.4. The number of hydrogen-bond acceptors (Lipinski definition) is 14. The molecule has 12 N–H and O–H groups in total. The molecule has 4 aromatic carbocycles. The van der Waals surface area contributed by atoms with Gasteiger partial charge >= 0.3 is 0 Å². The molecule has 5 aromatic rings. The zero-order chi connectivity index (χ0) is 59.5. The maximum atomic E-state index is 12.5. The number of hydrogen-bond donors (Lipinski definition) is 12. The zero-order valence-corrected chi connectivity index (χ0v) is 50.8. The number of anilines is 3. The van der Waals surface area contributed by atoms with E-state index in [2.05, 4.69) is 19.9 Å². The monoisotopic (exact) mass is 1180 g/mol. The summed E-state index contributed by atoms with van der Waals surface area (Å²) in [7, 11) is -8.48. The van der Waals surface area contributed by atoms with Gasteiger partial charge in [-0.05, 0) is 160 Å². The summed E-state index contributed by atoms with van der Waals surface area (Å²) in [6.45, 7) is 11.1. The Balaban J connectivity index is 0.000000317. The van der Waals surface area contributed by atoms with Gasteiger partial charge in [0.25, 0.3) is 15.9 Å². The summed E-state index contributed by atoms with van der Waals surface area (Å²) in [6.07, 6.45) is 12.4. The molecule has 1 heterocycles. The predicted octanol–water partition coefficient (Wildman–Crippen LogP) is 7.65. The summed E-state index contributed by atoms with van der Waals surface area (Å²) in [5.74, 6) is -0.495. The molecule has 5 amide bonds. The Hall–Kier alpha value is -6.40. The average Bonchev–Trinajstić information content (AvgIpc) is 3.70. The van der Waals surface area contributed by atoms with E-state index in [1.165, 1.54) is 23.7 Å². The van der Waals surface area contributed by atoms with Gasteiger partial charge < -0.3 is 29.6 Å². The fourth-order valence-electron chi connectivity index (χ4n) is 8.00. The van der Waals surface area contributed by atoms with Crippen molar-refractivity contribution in [3.8, 4) is 0 Å². The largest absolute Gasteiger partial charge is 0.432 e. The standard InChI is InChI=1S/C21H34N4O4Si.C17H20N2O5SSi.C17H28N2O4Si/c1-25-18-13-12-16(22-20(26)11-8-14-30(2,3)29)15-17(18)23-19(25)9-6-4-5-7-10-21(27)24-28;1-26(2,24)16-9-7-14(8-10-16)19-25(22,23)15-5-3-4-13(12-15)6-11-17(20)18-21;1-24(2,23)13-14-9-11-15(12-10-14)18-16(20)7-5-3-4-6-8-17(21)19-22/h12-13,15,28-29H,4-11,14H2,1-3H3,(H,22,26)(H,24,27);3-12,19,21,24H,1-2H3,(H,18,20);9-12,22-23H,3-8,13H2,1-2H3,(H,18,20)(H,19,21)/b;11-6+;. The number of aromatic nitrogens is 2. The fraction of sp³-hybridized carbons (Fsp3) is 0.418. The molecule has 0 aliphatic rings. The first-order chi connectivity index (χ1) is 37.6. The number of rotatable bonds is 28. The lowest BCUT2D eigenvalue weighted by Crippen LogP contribution is -2.41. The van der Waals surface area contributed by atoms with E-state index in [4.69, 9.17) is 20.6 Å². The number of carbonyl (C=O) groups excluding carboxylic acids is 5. The van der Waals surface area contributed by atoms with Crippen LogP contribution in [0, 0.1) is 0 Å². The lowest BCUT2D eigenvalue weighted by atomic mass is 10.1. The predicted molar refractivity (Wildman–Crippen MR) is 318 cm³/mol. The summed E-state index contributed by atoms with van der Waals surface area (Å²) in [5.41, 5.74) is 10.0. The van der Waals surface area contributed by atoms with E-state index in [-0.39, 0.29) is 28.5 Å². The van der Waals surface area contributed by atoms with E-state index in [1.54, 1.807) is 60.5 Å². The van der Waals surface area contributed by atoms with Crippen molar-refractivity contribution in [1.29, 1.82) is 0 Å². The average molecular weight is 1180 g/mol. The second kappa shape index (κ2) is 33.4. The third-order valence-corrected chi connectivity index (χ3v) is 18.2. The molecule has 0 saturated heterocycles. The second-order valence-electron chi connectivity index (χ2n) is 21.3. The van der Waals surface area contributed by atoms with Crippen LogP contribution < -0.4 is 37.0 Å². The minimum Gasteiger partial charge on any atom is -0.432 e. The van der Waals surface area contributed by atoms with Crippen molar-refractivity contribution in [2.45, 2.75) is 146 Å². The first kappa shape index (κ1) is 67.9. The summed E-state index contributed by atoms with van der Waals surface area (Å²) in [5, 5.41) is 31.9. The molecule has 0 aliphatic heterocycles. The van der Waals surface area contributed by atoms with Crippen LogP contribution in [0.3, 0.4) is 0 Å². The minimum absolute atomic E-state index is 0.0206. The van der Waals surface area contributed by atoms with Gasteiger partial charge in [0, 0.05) is 62.3 Å².